The fourth-order valence-electron chi connectivity index (χ4n) is 11.2. The minimum atomic E-state index is -0.251. The first-order valence-electron chi connectivity index (χ1n) is 21.6. The average molecular weight is 757 g/mol. The number of aromatic nitrogens is 2. The van der Waals surface area contributed by atoms with Gasteiger partial charge in [0.1, 0.15) is 0 Å². The van der Waals surface area contributed by atoms with E-state index in [1.54, 1.807) is 0 Å². The first-order valence-corrected chi connectivity index (χ1v) is 21.6. The topological polar surface area (TPSA) is 9.34 Å². The molecule has 0 aliphatic carbocycles. The van der Waals surface area contributed by atoms with E-state index in [2.05, 4.69) is 197 Å². The normalized spacial score (nSPS) is 15.5. The largest absolute Gasteiger partial charge is 0.310 e. The van der Waals surface area contributed by atoms with Gasteiger partial charge in [0, 0.05) is 48.9 Å². The van der Waals surface area contributed by atoms with Crippen LogP contribution in [0.4, 0.5) is 0 Å². The van der Waals surface area contributed by atoms with Crippen molar-refractivity contribution in [3.8, 4) is 5.69 Å². The lowest BCUT2D eigenvalue weighted by atomic mass is 9.30. The van der Waals surface area contributed by atoms with Gasteiger partial charge in [0.25, 0.3) is 0 Å². The SMILES string of the molecule is CC(C)(C)c1ccc2c(c1)c1cc(C(C)(C)C)cc3c1n2-c1cccc2c1B3c1cc3c4cc(C(C)(C)C)ccc4n4c5ccc(C(C)(C)C)cc5c(c1C2(C)C)c34. The molecule has 0 amide bonds. The lowest BCUT2D eigenvalue weighted by Crippen LogP contribution is -2.63. The summed E-state index contributed by atoms with van der Waals surface area (Å²) in [4.78, 5) is 0. The Bertz CT molecular complexity index is 3280. The predicted molar refractivity (Wildman–Crippen MR) is 253 cm³/mol. The highest BCUT2D eigenvalue weighted by molar-refractivity contribution is 6.99. The molecule has 0 fully saturated rings. The highest BCUT2D eigenvalue weighted by Crippen LogP contribution is 2.49. The van der Waals surface area contributed by atoms with Crippen LogP contribution in [0.2, 0.25) is 0 Å². The third-order valence-electron chi connectivity index (χ3n) is 14.5. The summed E-state index contributed by atoms with van der Waals surface area (Å²) in [6.07, 6.45) is 0. The molecule has 58 heavy (non-hydrogen) atoms. The van der Waals surface area contributed by atoms with Gasteiger partial charge in [-0.15, -0.1) is 0 Å². The van der Waals surface area contributed by atoms with Crippen molar-refractivity contribution in [2.45, 2.75) is 124 Å². The molecule has 0 bridgehead atoms. The number of benzene rings is 6. The maximum absolute atomic E-state index is 2.66. The molecule has 3 aromatic heterocycles. The molecule has 0 unspecified atom stereocenters. The van der Waals surface area contributed by atoms with E-state index in [1.807, 2.05) is 0 Å². The van der Waals surface area contributed by atoms with Crippen molar-refractivity contribution in [1.82, 2.24) is 8.97 Å². The van der Waals surface area contributed by atoms with Gasteiger partial charge in [-0.2, -0.15) is 0 Å². The maximum atomic E-state index is 2.66. The molecule has 6 aromatic carbocycles. The van der Waals surface area contributed by atoms with E-state index in [1.165, 1.54) is 115 Å². The third-order valence-corrected chi connectivity index (χ3v) is 14.5. The Balaban J connectivity index is 1.37. The van der Waals surface area contributed by atoms with Crippen LogP contribution in [-0.4, -0.2) is 15.7 Å². The van der Waals surface area contributed by atoms with Gasteiger partial charge in [-0.1, -0.05) is 145 Å². The van der Waals surface area contributed by atoms with Crippen LogP contribution >= 0.6 is 0 Å². The average Bonchev–Trinajstić information content (AvgIpc) is 3.77. The summed E-state index contributed by atoms with van der Waals surface area (Å²) in [5, 5.41) is 8.30. The molecular weight excluding hydrogens is 699 g/mol. The third kappa shape index (κ3) is 4.51. The molecule has 5 heterocycles. The van der Waals surface area contributed by atoms with E-state index in [-0.39, 0.29) is 33.8 Å². The van der Waals surface area contributed by atoms with Crippen LogP contribution in [-0.2, 0) is 27.1 Å². The molecule has 0 spiro atoms. The zero-order valence-electron chi connectivity index (χ0n) is 37.1. The molecule has 2 nitrogen and oxygen atoms in total. The van der Waals surface area contributed by atoms with Crippen LogP contribution in [0.3, 0.4) is 0 Å². The molecule has 9 aromatic rings. The van der Waals surface area contributed by atoms with Gasteiger partial charge < -0.3 is 8.97 Å². The summed E-state index contributed by atoms with van der Waals surface area (Å²) in [7, 11) is 0. The van der Waals surface area contributed by atoms with Crippen molar-refractivity contribution in [3.05, 3.63) is 124 Å². The van der Waals surface area contributed by atoms with Crippen LogP contribution in [0.1, 0.15) is 130 Å². The van der Waals surface area contributed by atoms with Crippen LogP contribution in [0.5, 0.6) is 0 Å². The molecular formula is C55H57BN2. The van der Waals surface area contributed by atoms with Gasteiger partial charge in [-0.3, -0.25) is 0 Å². The molecule has 2 aliphatic heterocycles. The van der Waals surface area contributed by atoms with Crippen molar-refractivity contribution in [2.75, 3.05) is 0 Å². The first kappa shape index (κ1) is 36.1. The Kier molecular flexibility index (Phi) is 6.71. The highest BCUT2D eigenvalue weighted by atomic mass is 15.0. The number of hydrogen-bond acceptors (Lipinski definition) is 0. The molecule has 290 valence electrons. The molecule has 0 atom stereocenters. The van der Waals surface area contributed by atoms with Crippen molar-refractivity contribution in [1.29, 1.82) is 0 Å². The quantitative estimate of drug-likeness (QED) is 0.136. The van der Waals surface area contributed by atoms with E-state index >= 15 is 0 Å². The van der Waals surface area contributed by atoms with E-state index in [0.29, 0.717) is 0 Å². The molecule has 3 heteroatoms. The molecule has 0 saturated heterocycles. The Labute approximate surface area is 344 Å². The smallest absolute Gasteiger partial charge is 0.247 e. The Morgan fingerprint density at radius 3 is 1.55 bits per heavy atom. The highest BCUT2D eigenvalue weighted by Gasteiger charge is 2.47. The summed E-state index contributed by atoms with van der Waals surface area (Å²) in [6.45, 7) is 33.4. The number of fused-ring (bicyclic) bond motifs is 14. The minimum absolute atomic E-state index is 0.0194. The lowest BCUT2D eigenvalue weighted by Gasteiger charge is -2.42. The summed E-state index contributed by atoms with van der Waals surface area (Å²) in [6, 6.07) is 36.9. The van der Waals surface area contributed by atoms with Gasteiger partial charge in [0.05, 0.1) is 22.1 Å². The van der Waals surface area contributed by atoms with Crippen molar-refractivity contribution < 1.29 is 0 Å². The minimum Gasteiger partial charge on any atom is -0.310 e. The van der Waals surface area contributed by atoms with Crippen molar-refractivity contribution in [3.63, 3.8) is 0 Å². The van der Waals surface area contributed by atoms with Crippen LogP contribution in [0.25, 0.3) is 65.6 Å². The van der Waals surface area contributed by atoms with E-state index < -0.39 is 0 Å². The number of nitrogens with zero attached hydrogens (tertiary/aromatic N) is 2. The second-order valence-electron chi connectivity index (χ2n) is 22.7. The zero-order valence-corrected chi connectivity index (χ0v) is 37.1. The van der Waals surface area contributed by atoms with Gasteiger partial charge in [0.2, 0.25) is 6.71 Å². The van der Waals surface area contributed by atoms with Crippen LogP contribution < -0.4 is 16.4 Å². The molecule has 2 aliphatic rings. The van der Waals surface area contributed by atoms with Gasteiger partial charge in [-0.25, -0.2) is 0 Å². The predicted octanol–water partition coefficient (Wildman–Crippen LogP) is 12.6. The molecule has 11 rings (SSSR count). The molecule has 0 saturated carbocycles. The molecule has 0 N–H and O–H groups in total. The summed E-state index contributed by atoms with van der Waals surface area (Å²) >= 11 is 0. The second-order valence-corrected chi connectivity index (χ2v) is 22.7. The van der Waals surface area contributed by atoms with Crippen LogP contribution in [0.15, 0.2) is 91.0 Å². The van der Waals surface area contributed by atoms with Gasteiger partial charge in [0.15, 0.2) is 0 Å². The summed E-state index contributed by atoms with van der Waals surface area (Å²) < 4.78 is 5.25. The van der Waals surface area contributed by atoms with Gasteiger partial charge >= 0.3 is 0 Å². The maximum Gasteiger partial charge on any atom is 0.247 e. The van der Waals surface area contributed by atoms with Crippen molar-refractivity contribution >= 4 is 83.0 Å². The summed E-state index contributed by atoms with van der Waals surface area (Å²) in [5.41, 5.74) is 20.8. The fraction of sp³-hybridized carbons (Fsp3) is 0.345. The monoisotopic (exact) mass is 756 g/mol. The Morgan fingerprint density at radius 1 is 0.466 bits per heavy atom. The number of rotatable bonds is 0. The zero-order chi connectivity index (χ0) is 41.0. The van der Waals surface area contributed by atoms with Crippen LogP contribution in [0, 0.1) is 0 Å². The Morgan fingerprint density at radius 2 is 0.966 bits per heavy atom. The summed E-state index contributed by atoms with van der Waals surface area (Å²) in [5.74, 6) is 0. The fourth-order valence-corrected chi connectivity index (χ4v) is 11.2. The standard InChI is InChI=1S/C55H57BN2/c1-51(2,3)30-19-22-43-34(24-30)36-27-33(54(10,11)12)28-41-49(36)58(43)45-17-15-16-39-48(45)56(41)40-29-37-35-25-31(52(4,5)6)18-21-42(35)57-44-23-20-32(53(7,8)9)26-38(44)46(50(37)57)47(40)55(39,13)14/h15-29H,1-14H3. The van der Waals surface area contributed by atoms with Crippen molar-refractivity contribution in [2.24, 2.45) is 0 Å². The first-order chi connectivity index (χ1) is 27.1. The second kappa shape index (κ2) is 10.8. The van der Waals surface area contributed by atoms with E-state index in [4.69, 9.17) is 0 Å². The Hall–Kier alpha value is -5.02. The lowest BCUT2D eigenvalue weighted by molar-refractivity contribution is 0.590. The van der Waals surface area contributed by atoms with E-state index in [0.717, 1.165) is 0 Å². The van der Waals surface area contributed by atoms with Gasteiger partial charge in [-0.05, 0) is 114 Å². The number of hydrogen-bond donors (Lipinski definition) is 0. The van der Waals surface area contributed by atoms with E-state index in [9.17, 15) is 0 Å². The molecule has 0 radical (unpaired) electrons.